The van der Waals surface area contributed by atoms with Crippen molar-refractivity contribution in [2.45, 2.75) is 38.9 Å². The van der Waals surface area contributed by atoms with E-state index in [1.165, 1.54) is 6.07 Å². The largest absolute Gasteiger partial charge is 0.329 e. The molecule has 0 saturated carbocycles. The van der Waals surface area contributed by atoms with E-state index in [1.807, 2.05) is 0 Å². The van der Waals surface area contributed by atoms with Gasteiger partial charge in [-0.25, -0.2) is 8.78 Å². The van der Waals surface area contributed by atoms with Gasteiger partial charge in [0.25, 0.3) is 0 Å². The van der Waals surface area contributed by atoms with Crippen LogP contribution in [0.5, 0.6) is 0 Å². The van der Waals surface area contributed by atoms with Crippen LogP contribution in [0.25, 0.3) is 0 Å². The van der Waals surface area contributed by atoms with Crippen LogP contribution in [0.1, 0.15) is 37.9 Å². The smallest absolute Gasteiger partial charge is 0.130 e. The number of nitrogens with two attached hydrogens (primary N) is 1. The lowest BCUT2D eigenvalue weighted by atomic mass is 10.0. The van der Waals surface area contributed by atoms with Crippen LogP contribution < -0.4 is 5.73 Å². The highest BCUT2D eigenvalue weighted by Gasteiger charge is 2.37. The van der Waals surface area contributed by atoms with Gasteiger partial charge in [0.2, 0.25) is 0 Å². The Morgan fingerprint density at radius 2 is 2.00 bits per heavy atom. The molecule has 0 amide bonds. The van der Waals surface area contributed by atoms with Gasteiger partial charge in [0.15, 0.2) is 0 Å². The fourth-order valence-corrected chi connectivity index (χ4v) is 2.49. The molecule has 1 atom stereocenters. The van der Waals surface area contributed by atoms with Gasteiger partial charge >= 0.3 is 0 Å². The monoisotopic (exact) mass is 240 g/mol. The van der Waals surface area contributed by atoms with Crippen LogP contribution in [0.4, 0.5) is 8.78 Å². The minimum absolute atomic E-state index is 0.102. The highest BCUT2D eigenvalue weighted by molar-refractivity contribution is 5.36. The third-order valence-electron chi connectivity index (χ3n) is 3.34. The second-order valence-corrected chi connectivity index (χ2v) is 5.51. The summed E-state index contributed by atoms with van der Waals surface area (Å²) in [4.78, 5) is 2.11. The van der Waals surface area contributed by atoms with Gasteiger partial charge in [-0.3, -0.25) is 4.90 Å². The normalized spacial score (nSPS) is 20.7. The molecule has 0 spiro atoms. The third-order valence-corrected chi connectivity index (χ3v) is 3.34. The van der Waals surface area contributed by atoms with Gasteiger partial charge in [-0.2, -0.15) is 0 Å². The Morgan fingerprint density at radius 3 is 2.53 bits per heavy atom. The van der Waals surface area contributed by atoms with E-state index in [0.29, 0.717) is 24.2 Å². The van der Waals surface area contributed by atoms with Gasteiger partial charge in [0, 0.05) is 36.3 Å². The zero-order valence-electron chi connectivity index (χ0n) is 10.4. The molecule has 2 nitrogen and oxygen atoms in total. The van der Waals surface area contributed by atoms with Crippen molar-refractivity contribution in [3.63, 3.8) is 0 Å². The lowest BCUT2D eigenvalue weighted by Gasteiger charge is -2.36. The molecule has 0 fully saturated rings. The van der Waals surface area contributed by atoms with E-state index in [4.69, 9.17) is 5.73 Å². The Bertz CT molecular complexity index is 438. The molecule has 0 aromatic heterocycles. The molecule has 2 N–H and O–H groups in total. The molecule has 1 aromatic carbocycles. The summed E-state index contributed by atoms with van der Waals surface area (Å²) in [5.74, 6) is -0.999. The molecule has 0 bridgehead atoms. The summed E-state index contributed by atoms with van der Waals surface area (Å²) < 4.78 is 27.0. The van der Waals surface area contributed by atoms with E-state index < -0.39 is 11.6 Å². The minimum Gasteiger partial charge on any atom is -0.329 e. The van der Waals surface area contributed by atoms with Crippen LogP contribution in [0, 0.1) is 11.6 Å². The fourth-order valence-electron chi connectivity index (χ4n) is 2.49. The summed E-state index contributed by atoms with van der Waals surface area (Å²) in [6.45, 7) is 7.02. The van der Waals surface area contributed by atoms with Gasteiger partial charge in [-0.15, -0.1) is 0 Å². The number of nitrogens with zero attached hydrogens (tertiary/aromatic N) is 1. The van der Waals surface area contributed by atoms with E-state index in [9.17, 15) is 8.78 Å². The molecule has 0 saturated heterocycles. The van der Waals surface area contributed by atoms with Crippen LogP contribution in [-0.2, 0) is 6.54 Å². The molecular weight excluding hydrogens is 222 g/mol. The minimum atomic E-state index is -0.532. The van der Waals surface area contributed by atoms with Gasteiger partial charge in [0.05, 0.1) is 0 Å². The zero-order valence-corrected chi connectivity index (χ0v) is 10.4. The molecule has 94 valence electrons. The first kappa shape index (κ1) is 12.5. The van der Waals surface area contributed by atoms with E-state index in [1.54, 1.807) is 0 Å². The summed E-state index contributed by atoms with van der Waals surface area (Å²) >= 11 is 0. The van der Waals surface area contributed by atoms with E-state index in [0.717, 1.165) is 6.07 Å². The molecule has 1 aromatic rings. The molecule has 1 unspecified atom stereocenters. The van der Waals surface area contributed by atoms with Crippen molar-refractivity contribution >= 4 is 0 Å². The Kier molecular flexibility index (Phi) is 2.96. The number of benzene rings is 1. The first-order chi connectivity index (χ1) is 7.84. The maximum Gasteiger partial charge on any atom is 0.130 e. The number of halogens is 2. The Morgan fingerprint density at radius 1 is 1.35 bits per heavy atom. The molecule has 1 aliphatic rings. The second-order valence-electron chi connectivity index (χ2n) is 5.51. The van der Waals surface area contributed by atoms with Crippen LogP contribution >= 0.6 is 0 Å². The van der Waals surface area contributed by atoms with Crippen molar-refractivity contribution in [2.24, 2.45) is 5.73 Å². The van der Waals surface area contributed by atoms with E-state index in [2.05, 4.69) is 25.7 Å². The molecule has 0 radical (unpaired) electrons. The van der Waals surface area contributed by atoms with E-state index >= 15 is 0 Å². The molecule has 1 heterocycles. The van der Waals surface area contributed by atoms with Crippen LogP contribution in [0.3, 0.4) is 0 Å². The summed E-state index contributed by atoms with van der Waals surface area (Å²) in [7, 11) is 0. The molecule has 4 heteroatoms. The lowest BCUT2D eigenvalue weighted by Crippen LogP contribution is -2.42. The van der Waals surface area contributed by atoms with Gasteiger partial charge in [0.1, 0.15) is 11.6 Å². The summed E-state index contributed by atoms with van der Waals surface area (Å²) in [6.07, 6.45) is 0. The highest BCUT2D eigenvalue weighted by atomic mass is 19.1. The summed E-state index contributed by atoms with van der Waals surface area (Å²) in [6, 6.07) is 2.25. The predicted molar refractivity (Wildman–Crippen MR) is 63.4 cm³/mol. The van der Waals surface area contributed by atoms with Crippen LogP contribution in [-0.4, -0.2) is 17.0 Å². The molecular formula is C13H18F2N2. The van der Waals surface area contributed by atoms with Crippen molar-refractivity contribution in [3.8, 4) is 0 Å². The highest BCUT2D eigenvalue weighted by Crippen LogP contribution is 2.39. The Labute approximate surface area is 100 Å². The second kappa shape index (κ2) is 4.03. The SMILES string of the molecule is CC(C)(C)N1Cc2c(F)cc(F)cc2C1CN. The number of hydrogen-bond acceptors (Lipinski definition) is 2. The number of rotatable bonds is 1. The van der Waals surface area contributed by atoms with E-state index in [-0.39, 0.29) is 11.6 Å². The van der Waals surface area contributed by atoms with Crippen LogP contribution in [0.15, 0.2) is 12.1 Å². The molecule has 17 heavy (non-hydrogen) atoms. The summed E-state index contributed by atoms with van der Waals surface area (Å²) in [5, 5.41) is 0. The van der Waals surface area contributed by atoms with Crippen molar-refractivity contribution in [1.29, 1.82) is 0 Å². The zero-order chi connectivity index (χ0) is 12.8. The number of fused-ring (bicyclic) bond motifs is 1. The van der Waals surface area contributed by atoms with Crippen molar-refractivity contribution in [3.05, 3.63) is 34.9 Å². The Hall–Kier alpha value is -1.00. The topological polar surface area (TPSA) is 29.3 Å². The van der Waals surface area contributed by atoms with Gasteiger partial charge in [-0.05, 0) is 32.4 Å². The first-order valence-corrected chi connectivity index (χ1v) is 5.79. The van der Waals surface area contributed by atoms with Crippen molar-refractivity contribution in [1.82, 2.24) is 4.90 Å². The average molecular weight is 240 g/mol. The fraction of sp³-hybridized carbons (Fsp3) is 0.538. The maximum absolute atomic E-state index is 13.7. The maximum atomic E-state index is 13.7. The third kappa shape index (κ3) is 2.07. The molecule has 1 aliphatic heterocycles. The van der Waals surface area contributed by atoms with Crippen molar-refractivity contribution < 1.29 is 8.78 Å². The molecule has 2 rings (SSSR count). The van der Waals surface area contributed by atoms with Crippen LogP contribution in [0.2, 0.25) is 0 Å². The number of hydrogen-bond donors (Lipinski definition) is 1. The Balaban J connectivity index is 2.49. The summed E-state index contributed by atoms with van der Waals surface area (Å²) in [5.41, 5.74) is 6.90. The lowest BCUT2D eigenvalue weighted by molar-refractivity contribution is 0.0943. The van der Waals surface area contributed by atoms with Gasteiger partial charge in [-0.1, -0.05) is 0 Å². The average Bonchev–Trinajstić information content (AvgIpc) is 2.55. The predicted octanol–water partition coefficient (Wildman–Crippen LogP) is 2.58. The standard InChI is InChI=1S/C13H18F2N2/c1-13(2,3)17-7-10-9(12(17)6-16)4-8(14)5-11(10)15/h4-5,12H,6-7,16H2,1-3H3. The first-order valence-electron chi connectivity index (χ1n) is 5.79. The molecule has 0 aliphatic carbocycles. The quantitative estimate of drug-likeness (QED) is 0.817. The van der Waals surface area contributed by atoms with Gasteiger partial charge < -0.3 is 5.73 Å². The van der Waals surface area contributed by atoms with Crippen molar-refractivity contribution in [2.75, 3.05) is 6.54 Å².